The maximum absolute atomic E-state index is 13.1. The number of hydrogen-bond donors (Lipinski definition) is 3. The van der Waals surface area contributed by atoms with Gasteiger partial charge in [0.05, 0.1) is 26.4 Å². The Bertz CT molecular complexity index is 2440. The van der Waals surface area contributed by atoms with Crippen LogP contribution in [0.5, 0.6) is 0 Å². The predicted octanol–water partition coefficient (Wildman–Crippen LogP) is 23.9. The lowest BCUT2D eigenvalue weighted by Crippen LogP contribution is -2.30. The second-order valence-electron chi connectivity index (χ2n) is 27.0. The zero-order valence-electron chi connectivity index (χ0n) is 65.4. The van der Waals surface area contributed by atoms with E-state index in [9.17, 15) is 43.2 Å². The molecule has 19 heteroatoms. The van der Waals surface area contributed by atoms with Gasteiger partial charge in [0.25, 0.3) is 0 Å². The van der Waals surface area contributed by atoms with Gasteiger partial charge in [0.15, 0.2) is 12.2 Å². The Morgan fingerprint density at radius 2 is 0.481 bits per heavy atom. The summed E-state index contributed by atoms with van der Waals surface area (Å²) in [4.78, 5) is 73.0. The number of aliphatic hydroxyl groups is 1. The standard InChI is InChI=1S/C85H146O17P2/c1-5-9-13-17-21-25-29-33-37-39-43-46-50-54-58-62-66-70-83(88)96-76-81(102-85(90)72-68-64-60-56-52-48-44-40-38-34-30-26-22-18-14-10-6-2)78-100-104(93,94)98-74-79(86)73-97-103(91,92)99-77-80(101-84(89)71-67-63-59-55-51-47-42-36-32-28-24-20-16-12-8-4)75-95-82(87)69-65-61-57-53-49-45-41-35-31-27-23-19-15-11-7-3/h21-23,25-27,33-35,37-38,41,43-44,46,48,54,56,58,60,79-81,86H,5-20,24,28-32,36,39-40,42,45,47,49-53,55,57,59,61-78H2,1-4H3,(H,91,92)(H,93,94)/b25-21-,26-22-,27-23-,37-33-,38-34-,41-35-,46-43-,48-44-,58-54-,60-56-/t79-,80-,81-/m1/s1. The smallest absolute Gasteiger partial charge is 0.462 e. The fraction of sp³-hybridized carbons (Fsp3) is 0.718. The molecule has 0 aliphatic rings. The fourth-order valence-electron chi connectivity index (χ4n) is 10.6. The highest BCUT2D eigenvalue weighted by Crippen LogP contribution is 2.45. The van der Waals surface area contributed by atoms with Gasteiger partial charge in [0.1, 0.15) is 19.3 Å². The molecule has 3 N–H and O–H groups in total. The molecule has 0 radical (unpaired) electrons. The second kappa shape index (κ2) is 76.6. The van der Waals surface area contributed by atoms with E-state index in [2.05, 4.69) is 125 Å². The van der Waals surface area contributed by atoms with Crippen molar-refractivity contribution in [3.05, 3.63) is 122 Å². The third kappa shape index (κ3) is 75.7. The minimum Gasteiger partial charge on any atom is -0.462 e. The maximum Gasteiger partial charge on any atom is 0.472 e. The van der Waals surface area contributed by atoms with Gasteiger partial charge in [-0.15, -0.1) is 0 Å². The van der Waals surface area contributed by atoms with Gasteiger partial charge in [-0.1, -0.05) is 297 Å². The summed E-state index contributed by atoms with van der Waals surface area (Å²) in [6.45, 7) is 4.69. The summed E-state index contributed by atoms with van der Waals surface area (Å²) in [6, 6.07) is 0. The van der Waals surface area contributed by atoms with Gasteiger partial charge >= 0.3 is 39.5 Å². The maximum atomic E-state index is 13.1. The first-order chi connectivity index (χ1) is 50.7. The summed E-state index contributed by atoms with van der Waals surface area (Å²) < 4.78 is 68.5. The van der Waals surface area contributed by atoms with E-state index in [1.165, 1.54) is 122 Å². The number of unbranched alkanes of at least 4 members (excludes halogenated alkanes) is 30. The molecule has 0 spiro atoms. The van der Waals surface area contributed by atoms with E-state index in [0.717, 1.165) is 122 Å². The molecule has 0 aliphatic carbocycles. The van der Waals surface area contributed by atoms with E-state index in [0.29, 0.717) is 38.5 Å². The molecule has 598 valence electrons. The SMILES string of the molecule is CCCCC/C=C\C/C=C\C/C=C\C/C=C\CCCC(=O)OC[C@H](COP(=O)(O)OC[C@H](O)COP(=O)(O)OC[C@@H](COC(=O)CCCCCCC/C=C\C/C=C\CCCCC)OC(=O)CCCCCCCCCCCCCCCCC)OC(=O)CCC/C=C\C/C=C\C/C=C\C/C=C\CCCCC. The van der Waals surface area contributed by atoms with Gasteiger partial charge in [-0.3, -0.25) is 37.3 Å². The van der Waals surface area contributed by atoms with Crippen molar-refractivity contribution in [1.29, 1.82) is 0 Å². The first-order valence-corrected chi connectivity index (χ1v) is 43.8. The molecule has 0 saturated carbocycles. The van der Waals surface area contributed by atoms with Crippen molar-refractivity contribution < 1.29 is 80.2 Å². The number of carbonyl (C=O) groups excluding carboxylic acids is 4. The first-order valence-electron chi connectivity index (χ1n) is 40.8. The zero-order chi connectivity index (χ0) is 76.0. The summed E-state index contributed by atoms with van der Waals surface area (Å²) in [5, 5.41) is 10.6. The van der Waals surface area contributed by atoms with Crippen LogP contribution in [-0.2, 0) is 65.4 Å². The molecule has 0 aromatic heterocycles. The van der Waals surface area contributed by atoms with Crippen LogP contribution in [0.25, 0.3) is 0 Å². The van der Waals surface area contributed by atoms with Gasteiger partial charge < -0.3 is 33.8 Å². The Balaban J connectivity index is 5.47. The third-order valence-corrected chi connectivity index (χ3v) is 18.8. The Kier molecular flexibility index (Phi) is 73.3. The Morgan fingerprint density at radius 3 is 0.788 bits per heavy atom. The molecule has 17 nitrogen and oxygen atoms in total. The van der Waals surface area contributed by atoms with E-state index in [1.54, 1.807) is 0 Å². The quantitative estimate of drug-likeness (QED) is 0.0169. The van der Waals surface area contributed by atoms with Crippen LogP contribution < -0.4 is 0 Å². The molecular weight excluding hydrogens is 1350 g/mol. The van der Waals surface area contributed by atoms with Gasteiger partial charge in [-0.25, -0.2) is 9.13 Å². The number of ether oxygens (including phenoxy) is 4. The van der Waals surface area contributed by atoms with Crippen LogP contribution in [0.3, 0.4) is 0 Å². The lowest BCUT2D eigenvalue weighted by Gasteiger charge is -2.21. The van der Waals surface area contributed by atoms with E-state index in [4.69, 9.17) is 37.0 Å². The molecule has 0 aromatic rings. The topological polar surface area (TPSA) is 237 Å². The van der Waals surface area contributed by atoms with Gasteiger partial charge in [-0.2, -0.15) is 0 Å². The molecule has 0 bridgehead atoms. The van der Waals surface area contributed by atoms with E-state index in [1.807, 2.05) is 24.3 Å². The van der Waals surface area contributed by atoms with E-state index >= 15 is 0 Å². The molecule has 0 aliphatic heterocycles. The van der Waals surface area contributed by atoms with Crippen LogP contribution in [-0.4, -0.2) is 96.7 Å². The molecule has 2 unspecified atom stereocenters. The molecule has 0 saturated heterocycles. The highest BCUT2D eigenvalue weighted by atomic mass is 31.2. The molecule has 0 heterocycles. The van der Waals surface area contributed by atoms with Crippen molar-refractivity contribution in [3.8, 4) is 0 Å². The Labute approximate surface area is 632 Å². The van der Waals surface area contributed by atoms with Gasteiger partial charge in [0, 0.05) is 25.7 Å². The van der Waals surface area contributed by atoms with E-state index < -0.39 is 97.5 Å². The van der Waals surface area contributed by atoms with Crippen molar-refractivity contribution in [1.82, 2.24) is 0 Å². The molecular formula is C85H146O17P2. The summed E-state index contributed by atoms with van der Waals surface area (Å²) in [6.07, 6.45) is 84.7. The number of aliphatic hydroxyl groups excluding tert-OH is 1. The molecule has 0 fully saturated rings. The molecule has 0 amide bonds. The van der Waals surface area contributed by atoms with Crippen LogP contribution in [0, 0.1) is 0 Å². The zero-order valence-corrected chi connectivity index (χ0v) is 67.2. The highest BCUT2D eigenvalue weighted by molar-refractivity contribution is 7.47. The lowest BCUT2D eigenvalue weighted by molar-refractivity contribution is -0.161. The molecule has 104 heavy (non-hydrogen) atoms. The average molecular weight is 1500 g/mol. The monoisotopic (exact) mass is 1500 g/mol. The van der Waals surface area contributed by atoms with Crippen molar-refractivity contribution in [3.63, 3.8) is 0 Å². The van der Waals surface area contributed by atoms with Crippen LogP contribution in [0.4, 0.5) is 0 Å². The average Bonchev–Trinajstić information content (AvgIpc) is 0.926. The van der Waals surface area contributed by atoms with Crippen LogP contribution in [0.1, 0.15) is 336 Å². The summed E-state index contributed by atoms with van der Waals surface area (Å²) in [7, 11) is -9.99. The number of allylic oxidation sites excluding steroid dienone is 20. The highest BCUT2D eigenvalue weighted by Gasteiger charge is 2.30. The van der Waals surface area contributed by atoms with Crippen molar-refractivity contribution in [2.24, 2.45) is 0 Å². The number of hydrogen-bond acceptors (Lipinski definition) is 15. The van der Waals surface area contributed by atoms with Gasteiger partial charge in [0.2, 0.25) is 0 Å². The number of phosphoric acid groups is 2. The van der Waals surface area contributed by atoms with Crippen LogP contribution >= 0.6 is 15.6 Å². The summed E-state index contributed by atoms with van der Waals surface area (Å²) >= 11 is 0. The van der Waals surface area contributed by atoms with Crippen LogP contribution in [0.15, 0.2) is 122 Å². The minimum absolute atomic E-state index is 0.00545. The number of phosphoric ester groups is 2. The Hall–Kier alpha value is -4.54. The largest absolute Gasteiger partial charge is 0.472 e. The van der Waals surface area contributed by atoms with Gasteiger partial charge in [-0.05, 0) is 135 Å². The van der Waals surface area contributed by atoms with Crippen molar-refractivity contribution in [2.75, 3.05) is 39.6 Å². The normalized spacial score (nSPS) is 14.5. The first kappa shape index (κ1) is 99.5. The number of rotatable bonds is 76. The molecule has 0 rings (SSSR count). The summed E-state index contributed by atoms with van der Waals surface area (Å²) in [5.41, 5.74) is 0. The number of carbonyl (C=O) groups is 4. The van der Waals surface area contributed by atoms with Crippen molar-refractivity contribution in [2.45, 2.75) is 354 Å². The van der Waals surface area contributed by atoms with E-state index in [-0.39, 0.29) is 25.7 Å². The predicted molar refractivity (Wildman–Crippen MR) is 427 cm³/mol. The minimum atomic E-state index is -5.01. The summed E-state index contributed by atoms with van der Waals surface area (Å²) in [5.74, 6) is -2.31. The lowest BCUT2D eigenvalue weighted by atomic mass is 10.0. The third-order valence-electron chi connectivity index (χ3n) is 16.9. The van der Waals surface area contributed by atoms with Crippen LogP contribution in [0.2, 0.25) is 0 Å². The second-order valence-corrected chi connectivity index (χ2v) is 29.9. The Morgan fingerprint density at radius 1 is 0.269 bits per heavy atom. The fourth-order valence-corrected chi connectivity index (χ4v) is 12.2. The number of esters is 4. The molecule has 5 atom stereocenters. The van der Waals surface area contributed by atoms with Crippen molar-refractivity contribution >= 4 is 39.5 Å². The molecule has 0 aromatic carbocycles.